The number of fused-ring (bicyclic) bond motifs is 1. The number of nitrogen functional groups attached to an aromatic ring is 2. The van der Waals surface area contributed by atoms with Gasteiger partial charge in [0.25, 0.3) is 11.8 Å². The number of thioether (sulfide) groups is 1. The number of carboxylic acid groups (broad SMARTS) is 1. The maximum absolute atomic E-state index is 12.9. The fourth-order valence-corrected chi connectivity index (χ4v) is 5.31. The van der Waals surface area contributed by atoms with Crippen molar-refractivity contribution in [2.24, 2.45) is 5.16 Å². The highest BCUT2D eigenvalue weighted by molar-refractivity contribution is 8.00. The summed E-state index contributed by atoms with van der Waals surface area (Å²) in [7, 11) is 1.25. The number of hydrogen-bond acceptors (Lipinski definition) is 11. The molecule has 2 aliphatic rings. The van der Waals surface area contributed by atoms with Crippen LogP contribution < -0.4 is 21.4 Å². The van der Waals surface area contributed by atoms with Gasteiger partial charge in [-0.15, -0.1) is 11.8 Å². The molecule has 0 spiro atoms. The van der Waals surface area contributed by atoms with Crippen molar-refractivity contribution >= 4 is 57.6 Å². The third-order valence-electron chi connectivity index (χ3n) is 5.05. The first-order chi connectivity index (χ1) is 16.8. The summed E-state index contributed by atoms with van der Waals surface area (Å²) in [5, 5.41) is 15.6. The number of aliphatic carboxylic acids is 1. The molecule has 4 heterocycles. The van der Waals surface area contributed by atoms with Crippen LogP contribution in [0.2, 0.25) is 0 Å². The molecule has 0 bridgehead atoms. The summed E-state index contributed by atoms with van der Waals surface area (Å²) in [4.78, 5) is 47.5. The number of allylic oxidation sites excluding steroid dienone is 2. The number of nitrogens with one attached hydrogen (secondary N) is 1. The largest absolute Gasteiger partial charge is 0.477 e. The first-order valence-corrected chi connectivity index (χ1v) is 12.0. The van der Waals surface area contributed by atoms with Crippen LogP contribution >= 0.6 is 23.3 Å². The van der Waals surface area contributed by atoms with E-state index in [1.165, 1.54) is 23.8 Å². The summed E-state index contributed by atoms with van der Waals surface area (Å²) < 4.78 is 5.78. The molecule has 2 atom stereocenters. The molecule has 35 heavy (non-hydrogen) atoms. The lowest BCUT2D eigenvalue weighted by Crippen LogP contribution is -2.71. The van der Waals surface area contributed by atoms with Crippen molar-refractivity contribution in [1.82, 2.24) is 19.6 Å². The van der Waals surface area contributed by atoms with Crippen molar-refractivity contribution in [2.45, 2.75) is 18.0 Å². The molecule has 6 N–H and O–H groups in total. The molecule has 2 aromatic rings. The zero-order valence-electron chi connectivity index (χ0n) is 18.3. The van der Waals surface area contributed by atoms with Crippen LogP contribution in [0.15, 0.2) is 53.1 Å². The number of nitrogens with two attached hydrogens (primary N) is 2. The van der Waals surface area contributed by atoms with Gasteiger partial charge in [-0.05, 0) is 17.7 Å². The van der Waals surface area contributed by atoms with Gasteiger partial charge in [-0.25, -0.2) is 4.79 Å². The number of β-lactam (4-membered cyclic amide) rings is 1. The van der Waals surface area contributed by atoms with Gasteiger partial charge in [0.15, 0.2) is 24.1 Å². The van der Waals surface area contributed by atoms with E-state index in [9.17, 15) is 19.5 Å². The second-order valence-corrected chi connectivity index (χ2v) is 9.24. The Morgan fingerprint density at radius 1 is 1.46 bits per heavy atom. The molecular weight excluding hydrogens is 496 g/mol. The van der Waals surface area contributed by atoms with Gasteiger partial charge in [-0.1, -0.05) is 11.2 Å². The van der Waals surface area contributed by atoms with Crippen LogP contribution in [0.3, 0.4) is 0 Å². The zero-order valence-corrected chi connectivity index (χ0v) is 20.0. The minimum absolute atomic E-state index is 0.0386. The number of pyridine rings is 1. The lowest BCUT2D eigenvalue weighted by atomic mass is 10.0. The molecule has 0 radical (unpaired) electrons. The summed E-state index contributed by atoms with van der Waals surface area (Å²) in [6.45, 7) is 0.471. The average Bonchev–Trinajstić information content (AvgIpc) is 3.26. The van der Waals surface area contributed by atoms with E-state index in [1.807, 2.05) is 16.8 Å². The van der Waals surface area contributed by atoms with Crippen LogP contribution in [0.5, 0.6) is 0 Å². The van der Waals surface area contributed by atoms with Gasteiger partial charge in [0.2, 0.25) is 11.5 Å². The number of carbonyl (C=O) groups is 3. The van der Waals surface area contributed by atoms with Gasteiger partial charge in [-0.3, -0.25) is 14.5 Å². The predicted molar refractivity (Wildman–Crippen MR) is 128 cm³/mol. The maximum atomic E-state index is 12.9. The third kappa shape index (κ3) is 4.95. The SMILES string of the molecule is CO/N=C(\C(=O)NC1C(=O)N2C(C(=O)O)=C(/C=C/C[n+]3cccc(N)c3)CS[C@H]12)c1nsc(N)n1. The van der Waals surface area contributed by atoms with Crippen LogP contribution in [0, 0.1) is 0 Å². The van der Waals surface area contributed by atoms with E-state index in [0.717, 1.165) is 11.5 Å². The van der Waals surface area contributed by atoms with Crippen molar-refractivity contribution in [2.75, 3.05) is 24.3 Å². The van der Waals surface area contributed by atoms with E-state index in [2.05, 4.69) is 19.8 Å². The minimum atomic E-state index is -1.23. The lowest BCUT2D eigenvalue weighted by Gasteiger charge is -2.49. The molecule has 4 rings (SSSR count). The monoisotopic (exact) mass is 517 g/mol. The van der Waals surface area contributed by atoms with Crippen LogP contribution in [0.4, 0.5) is 10.8 Å². The first kappa shape index (κ1) is 24.2. The molecule has 2 aromatic heterocycles. The van der Waals surface area contributed by atoms with Crippen molar-refractivity contribution in [3.05, 3.63) is 53.8 Å². The van der Waals surface area contributed by atoms with Gasteiger partial charge in [0.1, 0.15) is 24.2 Å². The number of hydrogen-bond donors (Lipinski definition) is 4. The number of rotatable bonds is 8. The molecule has 1 unspecified atom stereocenters. The number of amides is 2. The molecule has 182 valence electrons. The number of oxime groups is 1. The third-order valence-corrected chi connectivity index (χ3v) is 6.90. The number of nitrogens with zero attached hydrogens (tertiary/aromatic N) is 5. The van der Waals surface area contributed by atoms with Crippen LogP contribution in [0.25, 0.3) is 0 Å². The Morgan fingerprint density at radius 2 is 2.26 bits per heavy atom. The topological polar surface area (TPSA) is 190 Å². The van der Waals surface area contributed by atoms with Gasteiger partial charge in [-0.2, -0.15) is 13.9 Å². The van der Waals surface area contributed by atoms with Crippen molar-refractivity contribution in [1.29, 1.82) is 0 Å². The number of anilines is 2. The maximum Gasteiger partial charge on any atom is 0.352 e. The molecular formula is C20H21N8O5S2+. The smallest absolute Gasteiger partial charge is 0.352 e. The average molecular weight is 518 g/mol. The van der Waals surface area contributed by atoms with Gasteiger partial charge in [0, 0.05) is 23.4 Å². The molecule has 15 heteroatoms. The Morgan fingerprint density at radius 3 is 2.91 bits per heavy atom. The Labute approximate surface area is 207 Å². The highest BCUT2D eigenvalue weighted by atomic mass is 32.2. The summed E-state index contributed by atoms with van der Waals surface area (Å²) in [6.07, 6.45) is 7.07. The minimum Gasteiger partial charge on any atom is -0.477 e. The summed E-state index contributed by atoms with van der Waals surface area (Å²) >= 11 is 2.22. The van der Waals surface area contributed by atoms with Crippen LogP contribution in [-0.2, 0) is 25.8 Å². The predicted octanol–water partition coefficient (Wildman–Crippen LogP) is -0.664. The van der Waals surface area contributed by atoms with E-state index in [4.69, 9.17) is 16.3 Å². The van der Waals surface area contributed by atoms with E-state index < -0.39 is 29.2 Å². The summed E-state index contributed by atoms with van der Waals surface area (Å²) in [5.74, 6) is -2.22. The second-order valence-electron chi connectivity index (χ2n) is 7.36. The molecule has 13 nitrogen and oxygen atoms in total. The Balaban J connectivity index is 1.49. The standard InChI is InChI=1S/C20H20N8O5S2/c1-33-25-12(15-24-20(22)35-26-15)16(29)23-13-17(30)28-14(19(31)32)10(9-34-18(13)28)4-2-6-27-7-3-5-11(21)8-27/h2-5,7-8,13,18H,6,9,21H2,1H3,(H3-,22,23,24,26,29,31,32)/p+1/b4-2+,25-12-/t13?,18-/m1/s1. The van der Waals surface area contributed by atoms with E-state index >= 15 is 0 Å². The van der Waals surface area contributed by atoms with Gasteiger partial charge in [0.05, 0.1) is 5.69 Å². The van der Waals surface area contributed by atoms with Crippen molar-refractivity contribution in [3.63, 3.8) is 0 Å². The van der Waals surface area contributed by atoms with Gasteiger partial charge < -0.3 is 26.7 Å². The molecule has 1 fully saturated rings. The summed E-state index contributed by atoms with van der Waals surface area (Å²) in [6, 6.07) is 2.62. The molecule has 0 aliphatic carbocycles. The first-order valence-electron chi connectivity index (χ1n) is 10.1. The summed E-state index contributed by atoms with van der Waals surface area (Å²) in [5.41, 5.74) is 12.1. The van der Waals surface area contributed by atoms with Gasteiger partial charge >= 0.3 is 5.97 Å². The van der Waals surface area contributed by atoms with E-state index in [0.29, 0.717) is 23.6 Å². The van der Waals surface area contributed by atoms with Crippen molar-refractivity contribution < 1.29 is 28.9 Å². The fraction of sp³-hybridized carbons (Fsp3) is 0.250. The fourth-order valence-electron chi connectivity index (χ4n) is 3.56. The van der Waals surface area contributed by atoms with Crippen molar-refractivity contribution in [3.8, 4) is 0 Å². The Bertz CT molecular complexity index is 1270. The quantitative estimate of drug-likeness (QED) is 0.151. The zero-order chi connectivity index (χ0) is 25.1. The Kier molecular flexibility index (Phi) is 6.97. The highest BCUT2D eigenvalue weighted by Gasteiger charge is 2.54. The lowest BCUT2D eigenvalue weighted by molar-refractivity contribution is -0.686. The normalized spacial score (nSPS) is 20.0. The Hall–Kier alpha value is -3.98. The molecule has 0 saturated carbocycles. The number of carboxylic acids is 1. The second kappa shape index (κ2) is 10.1. The van der Waals surface area contributed by atoms with E-state index in [-0.39, 0.29) is 22.4 Å². The molecule has 2 aliphatic heterocycles. The molecule has 1 saturated heterocycles. The highest BCUT2D eigenvalue weighted by Crippen LogP contribution is 2.40. The van der Waals surface area contributed by atoms with Crippen LogP contribution in [0.1, 0.15) is 5.82 Å². The molecule has 0 aromatic carbocycles. The number of carbonyl (C=O) groups excluding carboxylic acids is 2. The van der Waals surface area contributed by atoms with E-state index in [1.54, 1.807) is 24.4 Å². The molecule has 2 amide bonds. The number of aromatic nitrogens is 3. The van der Waals surface area contributed by atoms with Crippen LogP contribution in [-0.4, -0.2) is 67.1 Å².